The van der Waals surface area contributed by atoms with Crippen molar-refractivity contribution in [2.45, 2.75) is 39.2 Å². The lowest BCUT2D eigenvalue weighted by atomic mass is 9.99. The Labute approximate surface area is 136 Å². The van der Waals surface area contributed by atoms with Crippen molar-refractivity contribution in [1.82, 2.24) is 10.2 Å². The van der Waals surface area contributed by atoms with E-state index in [2.05, 4.69) is 24.1 Å². The van der Waals surface area contributed by atoms with Crippen LogP contribution in [0.1, 0.15) is 44.7 Å². The summed E-state index contributed by atoms with van der Waals surface area (Å²) in [6.07, 6.45) is 3.90. The Morgan fingerprint density at radius 1 is 1.40 bits per heavy atom. The fraction of sp³-hybridized carbons (Fsp3) is 0.733. The molecule has 1 aliphatic rings. The van der Waals surface area contributed by atoms with E-state index in [0.717, 1.165) is 26.7 Å². The predicted molar refractivity (Wildman–Crippen MR) is 90.2 cm³/mol. The van der Waals surface area contributed by atoms with E-state index >= 15 is 0 Å². The highest BCUT2D eigenvalue weighted by Crippen LogP contribution is 2.34. The van der Waals surface area contributed by atoms with E-state index in [0.29, 0.717) is 0 Å². The van der Waals surface area contributed by atoms with Crippen LogP contribution in [0.3, 0.4) is 0 Å². The largest absolute Gasteiger partial charge is 0.310 e. The van der Waals surface area contributed by atoms with Crippen LogP contribution in [0.25, 0.3) is 0 Å². The van der Waals surface area contributed by atoms with Gasteiger partial charge in [0.15, 0.2) is 0 Å². The summed E-state index contributed by atoms with van der Waals surface area (Å²) in [5, 5.41) is 3.54. The van der Waals surface area contributed by atoms with Gasteiger partial charge in [0, 0.05) is 6.04 Å². The highest BCUT2D eigenvalue weighted by atomic mass is 35.5. The average molecular weight is 335 g/mol. The van der Waals surface area contributed by atoms with E-state index in [-0.39, 0.29) is 6.04 Å². The topological polar surface area (TPSA) is 15.3 Å². The Balaban J connectivity index is 1.64. The fourth-order valence-corrected chi connectivity index (χ4v) is 4.31. The van der Waals surface area contributed by atoms with E-state index in [1.54, 1.807) is 0 Å². The molecule has 1 saturated heterocycles. The summed E-state index contributed by atoms with van der Waals surface area (Å²) in [4.78, 5) is 2.58. The molecule has 1 unspecified atom stereocenters. The minimum atomic E-state index is 0.271. The van der Waals surface area contributed by atoms with Gasteiger partial charge < -0.3 is 10.2 Å². The van der Waals surface area contributed by atoms with Gasteiger partial charge in [0.25, 0.3) is 0 Å². The van der Waals surface area contributed by atoms with Crippen LogP contribution in [0.2, 0.25) is 8.67 Å². The number of hydrogen-bond donors (Lipinski definition) is 1. The van der Waals surface area contributed by atoms with Crippen LogP contribution in [-0.2, 0) is 0 Å². The van der Waals surface area contributed by atoms with Crippen LogP contribution < -0.4 is 5.32 Å². The normalized spacial score (nSPS) is 19.4. The summed E-state index contributed by atoms with van der Waals surface area (Å²) in [6, 6.07) is 2.24. The molecule has 114 valence electrons. The van der Waals surface area contributed by atoms with Gasteiger partial charge in [-0.3, -0.25) is 0 Å². The number of halogens is 2. The third kappa shape index (κ3) is 4.88. The highest BCUT2D eigenvalue weighted by molar-refractivity contribution is 7.20. The molecule has 2 heterocycles. The first-order valence-electron chi connectivity index (χ1n) is 7.46. The summed E-state index contributed by atoms with van der Waals surface area (Å²) < 4.78 is 1.57. The lowest BCUT2D eigenvalue weighted by molar-refractivity contribution is 0.190. The van der Waals surface area contributed by atoms with Crippen LogP contribution in [0.15, 0.2) is 6.07 Å². The molecule has 0 radical (unpaired) electrons. The van der Waals surface area contributed by atoms with Gasteiger partial charge in [0.2, 0.25) is 0 Å². The zero-order valence-corrected chi connectivity index (χ0v) is 14.6. The van der Waals surface area contributed by atoms with Gasteiger partial charge in [0.1, 0.15) is 0 Å². The molecule has 0 aliphatic carbocycles. The van der Waals surface area contributed by atoms with Crippen molar-refractivity contribution in [2.24, 2.45) is 5.92 Å². The quantitative estimate of drug-likeness (QED) is 0.749. The van der Waals surface area contributed by atoms with Gasteiger partial charge in [-0.05, 0) is 69.9 Å². The number of likely N-dealkylation sites (tertiary alicyclic amines) is 1. The van der Waals surface area contributed by atoms with E-state index in [4.69, 9.17) is 23.2 Å². The van der Waals surface area contributed by atoms with Crippen molar-refractivity contribution < 1.29 is 0 Å². The summed E-state index contributed by atoms with van der Waals surface area (Å²) in [6.45, 7) is 9.26. The Morgan fingerprint density at radius 3 is 2.70 bits per heavy atom. The monoisotopic (exact) mass is 334 g/mol. The zero-order chi connectivity index (χ0) is 14.5. The van der Waals surface area contributed by atoms with Crippen LogP contribution >= 0.6 is 34.5 Å². The van der Waals surface area contributed by atoms with Crippen molar-refractivity contribution in [1.29, 1.82) is 0 Å². The van der Waals surface area contributed by atoms with Crippen LogP contribution in [-0.4, -0.2) is 31.1 Å². The van der Waals surface area contributed by atoms with Crippen LogP contribution in [0.5, 0.6) is 0 Å². The smallest absolute Gasteiger partial charge is 0.0991 e. The van der Waals surface area contributed by atoms with Crippen molar-refractivity contribution in [3.8, 4) is 0 Å². The molecule has 0 aromatic carbocycles. The summed E-state index contributed by atoms with van der Waals surface area (Å²) in [5.74, 6) is 0.912. The summed E-state index contributed by atoms with van der Waals surface area (Å²) in [5.41, 5.74) is 1.12. The van der Waals surface area contributed by atoms with Gasteiger partial charge >= 0.3 is 0 Å². The molecule has 1 aromatic rings. The number of thiophene rings is 1. The highest BCUT2D eigenvalue weighted by Gasteiger charge is 2.15. The maximum absolute atomic E-state index is 6.17. The van der Waals surface area contributed by atoms with Gasteiger partial charge in [-0.1, -0.05) is 30.1 Å². The standard InChI is InChI=1S/C15H24Cl2N2S/c1-11-4-8-19(9-5-11)7-3-6-18-12(2)13-10-14(16)20-15(13)17/h10-12,18H,3-9H2,1-2H3. The predicted octanol–water partition coefficient (Wildman–Crippen LogP) is 4.83. The lowest BCUT2D eigenvalue weighted by Crippen LogP contribution is -2.35. The maximum atomic E-state index is 6.17. The number of nitrogens with one attached hydrogen (secondary N) is 1. The molecule has 0 spiro atoms. The van der Waals surface area contributed by atoms with Crippen LogP contribution in [0, 0.1) is 5.92 Å². The Hall–Kier alpha value is 0.200. The molecule has 1 fully saturated rings. The molecule has 5 heteroatoms. The van der Waals surface area contributed by atoms with Crippen LogP contribution in [0.4, 0.5) is 0 Å². The second-order valence-corrected chi connectivity index (χ2v) is 8.12. The van der Waals surface area contributed by atoms with E-state index in [1.807, 2.05) is 6.07 Å². The van der Waals surface area contributed by atoms with Crippen molar-refractivity contribution in [2.75, 3.05) is 26.2 Å². The molecule has 0 bridgehead atoms. The molecule has 0 saturated carbocycles. The third-order valence-electron chi connectivity index (χ3n) is 4.13. The number of piperidine rings is 1. The first-order valence-corrected chi connectivity index (χ1v) is 9.04. The second-order valence-electron chi connectivity index (χ2n) is 5.83. The molecule has 1 aromatic heterocycles. The summed E-state index contributed by atoms with van der Waals surface area (Å²) >= 11 is 13.6. The van der Waals surface area contributed by atoms with Crippen molar-refractivity contribution in [3.05, 3.63) is 20.3 Å². The lowest BCUT2D eigenvalue weighted by Gasteiger charge is -2.30. The SMILES string of the molecule is CC1CCN(CCCNC(C)c2cc(Cl)sc2Cl)CC1. The molecule has 1 atom stereocenters. The molecule has 1 aliphatic heterocycles. The molecular formula is C15H24Cl2N2S. The number of rotatable bonds is 6. The summed E-state index contributed by atoms with van der Waals surface area (Å²) in [7, 11) is 0. The van der Waals surface area contributed by atoms with Gasteiger partial charge in [-0.2, -0.15) is 0 Å². The number of hydrogen-bond acceptors (Lipinski definition) is 3. The zero-order valence-electron chi connectivity index (χ0n) is 12.3. The minimum Gasteiger partial charge on any atom is -0.310 e. The first-order chi connectivity index (χ1) is 9.56. The average Bonchev–Trinajstić information content (AvgIpc) is 2.75. The molecule has 1 N–H and O–H groups in total. The van der Waals surface area contributed by atoms with Gasteiger partial charge in [-0.15, -0.1) is 11.3 Å². The van der Waals surface area contributed by atoms with Crippen molar-refractivity contribution in [3.63, 3.8) is 0 Å². The molecule has 2 nitrogen and oxygen atoms in total. The number of nitrogens with zero attached hydrogens (tertiary/aromatic N) is 1. The van der Waals surface area contributed by atoms with E-state index in [9.17, 15) is 0 Å². The van der Waals surface area contributed by atoms with Gasteiger partial charge in [-0.25, -0.2) is 0 Å². The molecule has 20 heavy (non-hydrogen) atoms. The molecular weight excluding hydrogens is 311 g/mol. The first kappa shape index (κ1) is 16.6. The van der Waals surface area contributed by atoms with Crippen molar-refractivity contribution >= 4 is 34.5 Å². The minimum absolute atomic E-state index is 0.271. The second kappa shape index (κ2) is 8.00. The molecule has 2 rings (SSSR count). The Morgan fingerprint density at radius 2 is 2.10 bits per heavy atom. The molecule has 0 amide bonds. The van der Waals surface area contributed by atoms with E-state index in [1.165, 1.54) is 50.2 Å². The fourth-order valence-electron chi connectivity index (χ4n) is 2.67. The Kier molecular flexibility index (Phi) is 6.63. The van der Waals surface area contributed by atoms with E-state index < -0.39 is 0 Å². The van der Waals surface area contributed by atoms with Gasteiger partial charge in [0.05, 0.1) is 8.67 Å². The Bertz CT molecular complexity index is 414. The maximum Gasteiger partial charge on any atom is 0.0991 e. The third-order valence-corrected chi connectivity index (χ3v) is 5.65.